The van der Waals surface area contributed by atoms with Gasteiger partial charge in [-0.15, -0.1) is 0 Å². The lowest BCUT2D eigenvalue weighted by atomic mass is 9.73. The van der Waals surface area contributed by atoms with Gasteiger partial charge in [-0.05, 0) is 57.7 Å². The average Bonchev–Trinajstić information content (AvgIpc) is 3.57. The van der Waals surface area contributed by atoms with Crippen LogP contribution >= 0.6 is 0 Å². The van der Waals surface area contributed by atoms with Crippen molar-refractivity contribution in [3.05, 3.63) is 59.3 Å². The molecular formula is C31H32FN5O4. The monoisotopic (exact) mass is 557 g/mol. The van der Waals surface area contributed by atoms with Crippen LogP contribution in [0.4, 0.5) is 20.6 Å². The lowest BCUT2D eigenvalue weighted by Gasteiger charge is -2.37. The molecule has 10 heteroatoms. The van der Waals surface area contributed by atoms with Gasteiger partial charge in [-0.2, -0.15) is 0 Å². The molecule has 9 nitrogen and oxygen atoms in total. The minimum Gasteiger partial charge on any atom is -0.492 e. The molecule has 2 aromatic heterocycles. The largest absolute Gasteiger partial charge is 0.492 e. The van der Waals surface area contributed by atoms with Crippen LogP contribution in [0.2, 0.25) is 0 Å². The fourth-order valence-corrected chi connectivity index (χ4v) is 5.97. The Morgan fingerprint density at radius 3 is 2.83 bits per heavy atom. The van der Waals surface area contributed by atoms with Crippen molar-refractivity contribution in [2.24, 2.45) is 5.92 Å². The highest BCUT2D eigenvalue weighted by molar-refractivity contribution is 6.06. The standard InChI is InChI=1S/C31H32FN5O4/c1-30(2,3)41-29(39)37-17-18-14-31(37,15-18)11-8-19-16-33-12-9-20(19)25-26(24-22(35-25)10-13-34-28(24)38)36-23-7-5-6-21(32)27(23)40-4/h5-7,9,12,16,18,35-36H,10,13-15,17H2,1-4H3,(H,34,38). The Balaban J connectivity index is 1.41. The van der Waals surface area contributed by atoms with Gasteiger partial charge in [0, 0.05) is 43.2 Å². The molecule has 7 rings (SSSR count). The van der Waals surface area contributed by atoms with Crippen molar-refractivity contribution in [2.75, 3.05) is 25.5 Å². The Morgan fingerprint density at radius 2 is 2.07 bits per heavy atom. The number of benzene rings is 1. The summed E-state index contributed by atoms with van der Waals surface area (Å²) in [6.07, 6.45) is 5.20. The third-order valence-corrected chi connectivity index (χ3v) is 7.74. The number of aromatic nitrogens is 2. The smallest absolute Gasteiger partial charge is 0.411 e. The van der Waals surface area contributed by atoms with Crippen molar-refractivity contribution in [1.29, 1.82) is 0 Å². The van der Waals surface area contributed by atoms with Crippen molar-refractivity contribution in [1.82, 2.24) is 20.2 Å². The maximum atomic E-state index is 14.5. The van der Waals surface area contributed by atoms with Crippen molar-refractivity contribution < 1.29 is 23.5 Å². The molecule has 0 spiro atoms. The molecule has 3 N–H and O–H groups in total. The maximum absolute atomic E-state index is 14.5. The molecule has 3 fully saturated rings. The molecule has 2 amide bonds. The van der Waals surface area contributed by atoms with E-state index in [2.05, 4.69) is 32.4 Å². The van der Waals surface area contributed by atoms with Gasteiger partial charge in [0.05, 0.1) is 35.3 Å². The summed E-state index contributed by atoms with van der Waals surface area (Å²) in [6, 6.07) is 6.41. The molecule has 3 aromatic rings. The predicted molar refractivity (Wildman–Crippen MR) is 152 cm³/mol. The maximum Gasteiger partial charge on any atom is 0.411 e. The first-order valence-corrected chi connectivity index (χ1v) is 13.7. The highest BCUT2D eigenvalue weighted by Gasteiger charge is 2.58. The Bertz CT molecular complexity index is 1610. The van der Waals surface area contributed by atoms with Crippen LogP contribution in [0.15, 0.2) is 36.7 Å². The molecule has 0 atom stereocenters. The van der Waals surface area contributed by atoms with Gasteiger partial charge in [0.2, 0.25) is 0 Å². The van der Waals surface area contributed by atoms with Gasteiger partial charge in [-0.25, -0.2) is 9.18 Å². The van der Waals surface area contributed by atoms with Crippen LogP contribution in [0, 0.1) is 23.6 Å². The van der Waals surface area contributed by atoms with Crippen LogP contribution in [0.1, 0.15) is 55.2 Å². The number of nitrogens with zero attached hydrogens (tertiary/aromatic N) is 2. The van der Waals surface area contributed by atoms with E-state index in [-0.39, 0.29) is 17.7 Å². The van der Waals surface area contributed by atoms with Gasteiger partial charge in [0.15, 0.2) is 11.6 Å². The molecule has 212 valence electrons. The number of halogens is 1. The SMILES string of the molecule is COc1c(F)cccc1Nc1c(-c2ccncc2C#CC23CC(CN2C(=O)OC(C)(C)C)C3)[nH]c2c1C(=O)NCC2. The molecule has 5 heterocycles. The van der Waals surface area contributed by atoms with Crippen LogP contribution in [-0.2, 0) is 11.2 Å². The molecule has 2 saturated heterocycles. The van der Waals surface area contributed by atoms with E-state index in [4.69, 9.17) is 9.47 Å². The van der Waals surface area contributed by atoms with Gasteiger partial charge in [0.25, 0.3) is 5.91 Å². The number of aromatic amines is 1. The second-order valence-corrected chi connectivity index (χ2v) is 11.7. The van der Waals surface area contributed by atoms with Gasteiger partial charge < -0.3 is 25.1 Å². The number of para-hydroxylation sites is 1. The number of hydrogen-bond donors (Lipinski definition) is 3. The predicted octanol–water partition coefficient (Wildman–Crippen LogP) is 5.00. The Hall–Kier alpha value is -4.52. The summed E-state index contributed by atoms with van der Waals surface area (Å²) in [4.78, 5) is 35.5. The number of methoxy groups -OCH3 is 1. The van der Waals surface area contributed by atoms with Crippen molar-refractivity contribution in [3.8, 4) is 28.8 Å². The lowest BCUT2D eigenvalue weighted by Crippen LogP contribution is -2.48. The third-order valence-electron chi connectivity index (χ3n) is 7.74. The molecule has 3 aliphatic heterocycles. The van der Waals surface area contributed by atoms with E-state index in [9.17, 15) is 14.0 Å². The number of ether oxygens (including phenoxy) is 2. The molecule has 1 aliphatic carbocycles. The number of fused-ring (bicyclic) bond motifs is 2. The van der Waals surface area contributed by atoms with E-state index in [1.54, 1.807) is 29.4 Å². The molecule has 1 aromatic carbocycles. The number of hydrogen-bond acceptors (Lipinski definition) is 6. The summed E-state index contributed by atoms with van der Waals surface area (Å²) in [5, 5.41) is 6.15. The van der Waals surface area contributed by atoms with E-state index in [1.807, 2.05) is 26.8 Å². The van der Waals surface area contributed by atoms with Crippen LogP contribution < -0.4 is 15.4 Å². The number of anilines is 2. The van der Waals surface area contributed by atoms with Crippen LogP contribution in [0.5, 0.6) is 5.75 Å². The van der Waals surface area contributed by atoms with Gasteiger partial charge in [-0.3, -0.25) is 14.7 Å². The highest BCUT2D eigenvalue weighted by atomic mass is 19.1. The minimum atomic E-state index is -0.595. The zero-order chi connectivity index (χ0) is 28.9. The highest BCUT2D eigenvalue weighted by Crippen LogP contribution is 2.50. The Morgan fingerprint density at radius 1 is 1.27 bits per heavy atom. The quantitative estimate of drug-likeness (QED) is 0.390. The zero-order valence-corrected chi connectivity index (χ0v) is 23.5. The molecule has 1 saturated carbocycles. The number of carbonyl (C=O) groups excluding carboxylic acids is 2. The molecular weight excluding hydrogens is 525 g/mol. The fraction of sp³-hybridized carbons (Fsp3) is 0.387. The number of rotatable bonds is 4. The molecule has 0 radical (unpaired) electrons. The topological polar surface area (TPSA) is 109 Å². The summed E-state index contributed by atoms with van der Waals surface area (Å²) < 4.78 is 25.5. The van der Waals surface area contributed by atoms with Gasteiger partial charge in [0.1, 0.15) is 11.1 Å². The third kappa shape index (κ3) is 4.75. The van der Waals surface area contributed by atoms with E-state index >= 15 is 0 Å². The first kappa shape index (κ1) is 26.7. The second kappa shape index (κ2) is 9.84. The number of carbonyl (C=O) groups is 2. The summed E-state index contributed by atoms with van der Waals surface area (Å²) in [5.41, 5.74) is 2.92. The van der Waals surface area contributed by atoms with Gasteiger partial charge >= 0.3 is 6.09 Å². The Labute approximate surface area is 237 Å². The van der Waals surface area contributed by atoms with Crippen LogP contribution in [0.3, 0.4) is 0 Å². The van der Waals surface area contributed by atoms with Crippen molar-refractivity contribution >= 4 is 23.4 Å². The first-order valence-electron chi connectivity index (χ1n) is 13.7. The fourth-order valence-electron chi connectivity index (χ4n) is 5.97. The van der Waals surface area contributed by atoms with Crippen LogP contribution in [-0.4, -0.2) is 58.2 Å². The summed E-state index contributed by atoms with van der Waals surface area (Å²) in [5.74, 6) is 6.39. The summed E-state index contributed by atoms with van der Waals surface area (Å²) >= 11 is 0. The van der Waals surface area contributed by atoms with E-state index < -0.39 is 17.0 Å². The molecule has 2 bridgehead atoms. The molecule has 0 unspecified atom stereocenters. The van der Waals surface area contributed by atoms with E-state index in [1.165, 1.54) is 13.2 Å². The first-order chi connectivity index (χ1) is 19.6. The number of H-pyrrole nitrogens is 1. The van der Waals surface area contributed by atoms with Crippen LogP contribution in [0.25, 0.3) is 11.3 Å². The number of pyridine rings is 1. The van der Waals surface area contributed by atoms with E-state index in [0.29, 0.717) is 53.6 Å². The van der Waals surface area contributed by atoms with E-state index in [0.717, 1.165) is 24.1 Å². The number of nitrogens with one attached hydrogen (secondary N) is 3. The summed E-state index contributed by atoms with van der Waals surface area (Å²) in [7, 11) is 1.40. The minimum absolute atomic E-state index is 0.0430. The lowest BCUT2D eigenvalue weighted by molar-refractivity contribution is 0.0172. The normalized spacial score (nSPS) is 20.8. The van der Waals surface area contributed by atoms with Crippen molar-refractivity contribution in [2.45, 2.75) is 51.2 Å². The Kier molecular flexibility index (Phi) is 6.40. The number of amides is 2. The molecule has 41 heavy (non-hydrogen) atoms. The van der Waals surface area contributed by atoms with Gasteiger partial charge in [-0.1, -0.05) is 17.9 Å². The second-order valence-electron chi connectivity index (χ2n) is 11.7. The summed E-state index contributed by atoms with van der Waals surface area (Å²) in [6.45, 7) is 6.69. The molecule has 4 aliphatic rings. The zero-order valence-electron chi connectivity index (χ0n) is 23.5. The average molecular weight is 558 g/mol. The van der Waals surface area contributed by atoms with Crippen molar-refractivity contribution in [3.63, 3.8) is 0 Å².